The zero-order valence-corrected chi connectivity index (χ0v) is 11.6. The van der Waals surface area contributed by atoms with E-state index in [4.69, 9.17) is 10.8 Å². The second kappa shape index (κ2) is 5.65. The average Bonchev–Trinajstić information content (AvgIpc) is 2.41. The number of nitrogens with zero attached hydrogens (tertiary/aromatic N) is 1. The molecule has 0 fully saturated rings. The molecule has 104 valence electrons. The number of aryl methyl sites for hydroxylation is 1. The number of carboxylic acids is 1. The molecule has 2 aromatic rings. The van der Waals surface area contributed by atoms with E-state index in [1.54, 1.807) is 12.1 Å². The third-order valence-corrected chi connectivity index (χ3v) is 3.21. The largest absolute Gasteiger partial charge is 0.478 e. The molecule has 0 saturated heterocycles. The van der Waals surface area contributed by atoms with Gasteiger partial charge in [0.05, 0.1) is 5.56 Å². The van der Waals surface area contributed by atoms with Gasteiger partial charge in [-0.15, -0.1) is 0 Å². The van der Waals surface area contributed by atoms with Crippen LogP contribution in [0.1, 0.15) is 22.8 Å². The summed E-state index contributed by atoms with van der Waals surface area (Å²) in [5.74, 6) is -1.01. The van der Waals surface area contributed by atoms with Crippen molar-refractivity contribution in [2.75, 3.05) is 17.2 Å². The number of benzene rings is 2. The molecule has 0 spiro atoms. The number of anilines is 3. The van der Waals surface area contributed by atoms with Crippen molar-refractivity contribution in [2.24, 2.45) is 0 Å². The number of rotatable bonds is 4. The maximum Gasteiger partial charge on any atom is 0.337 e. The molecule has 4 heteroatoms. The van der Waals surface area contributed by atoms with Crippen LogP contribution in [-0.4, -0.2) is 17.6 Å². The van der Waals surface area contributed by atoms with Crippen LogP contribution in [0.2, 0.25) is 0 Å². The fraction of sp³-hybridized carbons (Fsp3) is 0.188. The molecular weight excluding hydrogens is 252 g/mol. The number of nitrogen functional groups attached to an aromatic ring is 1. The summed E-state index contributed by atoms with van der Waals surface area (Å²) >= 11 is 0. The summed E-state index contributed by atoms with van der Waals surface area (Å²) in [4.78, 5) is 13.2. The second-order valence-electron chi connectivity index (χ2n) is 4.66. The van der Waals surface area contributed by atoms with E-state index in [9.17, 15) is 4.79 Å². The Kier molecular flexibility index (Phi) is 3.94. The first-order valence-electron chi connectivity index (χ1n) is 6.50. The van der Waals surface area contributed by atoms with Gasteiger partial charge in [-0.05, 0) is 49.7 Å². The van der Waals surface area contributed by atoms with Crippen molar-refractivity contribution in [1.29, 1.82) is 0 Å². The predicted molar refractivity (Wildman–Crippen MR) is 81.7 cm³/mol. The van der Waals surface area contributed by atoms with E-state index in [-0.39, 0.29) is 11.3 Å². The van der Waals surface area contributed by atoms with E-state index in [1.165, 1.54) is 0 Å². The van der Waals surface area contributed by atoms with E-state index in [0.717, 1.165) is 23.5 Å². The van der Waals surface area contributed by atoms with Gasteiger partial charge >= 0.3 is 5.97 Å². The second-order valence-corrected chi connectivity index (χ2v) is 4.66. The first-order valence-corrected chi connectivity index (χ1v) is 6.50. The topological polar surface area (TPSA) is 66.6 Å². The van der Waals surface area contributed by atoms with Crippen molar-refractivity contribution in [1.82, 2.24) is 0 Å². The molecule has 0 amide bonds. The standard InChI is InChI=1S/C16H18N2O2/c1-3-18(12-6-4-5-11(2)9-12)13-7-8-15(17)14(10-13)16(19)20/h4-10H,3,17H2,1-2H3,(H,19,20). The maximum absolute atomic E-state index is 11.2. The molecule has 4 nitrogen and oxygen atoms in total. The van der Waals surface area contributed by atoms with Gasteiger partial charge < -0.3 is 15.7 Å². The molecular formula is C16H18N2O2. The Morgan fingerprint density at radius 3 is 2.50 bits per heavy atom. The molecule has 2 aromatic carbocycles. The summed E-state index contributed by atoms with van der Waals surface area (Å²) in [5, 5.41) is 9.16. The number of carboxylic acid groups (broad SMARTS) is 1. The number of hydrogen-bond donors (Lipinski definition) is 2. The van der Waals surface area contributed by atoms with E-state index < -0.39 is 5.97 Å². The Labute approximate surface area is 118 Å². The van der Waals surface area contributed by atoms with Crippen LogP contribution in [0, 0.1) is 6.92 Å². The van der Waals surface area contributed by atoms with Crippen LogP contribution < -0.4 is 10.6 Å². The zero-order valence-electron chi connectivity index (χ0n) is 11.6. The van der Waals surface area contributed by atoms with Crippen LogP contribution in [0.5, 0.6) is 0 Å². The summed E-state index contributed by atoms with van der Waals surface area (Å²) in [6.07, 6.45) is 0. The minimum Gasteiger partial charge on any atom is -0.478 e. The number of aromatic carboxylic acids is 1. The van der Waals surface area contributed by atoms with Crippen LogP contribution in [0.3, 0.4) is 0 Å². The number of nitrogens with two attached hydrogens (primary N) is 1. The first kappa shape index (κ1) is 13.9. The quantitative estimate of drug-likeness (QED) is 0.835. The Bertz CT molecular complexity index is 638. The lowest BCUT2D eigenvalue weighted by molar-refractivity contribution is 0.0698. The molecule has 3 N–H and O–H groups in total. The van der Waals surface area contributed by atoms with Gasteiger partial charge in [0.2, 0.25) is 0 Å². The maximum atomic E-state index is 11.2. The lowest BCUT2D eigenvalue weighted by atomic mass is 10.1. The van der Waals surface area contributed by atoms with Crippen LogP contribution in [-0.2, 0) is 0 Å². The normalized spacial score (nSPS) is 10.3. The van der Waals surface area contributed by atoms with E-state index >= 15 is 0 Å². The van der Waals surface area contributed by atoms with Gasteiger partial charge in [-0.25, -0.2) is 4.79 Å². The molecule has 0 aliphatic heterocycles. The Hall–Kier alpha value is -2.49. The highest BCUT2D eigenvalue weighted by Gasteiger charge is 2.13. The Morgan fingerprint density at radius 1 is 1.20 bits per heavy atom. The number of hydrogen-bond acceptors (Lipinski definition) is 3. The molecule has 0 radical (unpaired) electrons. The minimum atomic E-state index is -1.01. The summed E-state index contributed by atoms with van der Waals surface area (Å²) in [6, 6.07) is 13.2. The van der Waals surface area contributed by atoms with Gasteiger partial charge in [-0.1, -0.05) is 12.1 Å². The average molecular weight is 270 g/mol. The lowest BCUT2D eigenvalue weighted by Crippen LogP contribution is -2.17. The van der Waals surface area contributed by atoms with Gasteiger partial charge in [0.1, 0.15) is 0 Å². The molecule has 20 heavy (non-hydrogen) atoms. The molecule has 2 rings (SSSR count). The molecule has 0 aromatic heterocycles. The van der Waals surface area contributed by atoms with Crippen LogP contribution in [0.4, 0.5) is 17.1 Å². The van der Waals surface area contributed by atoms with Crippen molar-refractivity contribution >= 4 is 23.0 Å². The van der Waals surface area contributed by atoms with Crippen molar-refractivity contribution in [3.05, 3.63) is 53.6 Å². The van der Waals surface area contributed by atoms with E-state index in [0.29, 0.717) is 0 Å². The summed E-state index contributed by atoms with van der Waals surface area (Å²) < 4.78 is 0. The SMILES string of the molecule is CCN(c1cccc(C)c1)c1ccc(N)c(C(=O)O)c1. The molecule has 0 bridgehead atoms. The predicted octanol–water partition coefficient (Wildman–Crippen LogP) is 3.43. The van der Waals surface area contributed by atoms with E-state index in [2.05, 4.69) is 11.0 Å². The summed E-state index contributed by atoms with van der Waals surface area (Å²) in [7, 11) is 0. The lowest BCUT2D eigenvalue weighted by Gasteiger charge is -2.24. The van der Waals surface area contributed by atoms with Crippen molar-refractivity contribution < 1.29 is 9.90 Å². The highest BCUT2D eigenvalue weighted by molar-refractivity contribution is 5.95. The van der Waals surface area contributed by atoms with Gasteiger partial charge in [-0.2, -0.15) is 0 Å². The zero-order chi connectivity index (χ0) is 14.7. The minimum absolute atomic E-state index is 0.133. The van der Waals surface area contributed by atoms with Crippen molar-refractivity contribution in [3.8, 4) is 0 Å². The fourth-order valence-electron chi connectivity index (χ4n) is 2.21. The Morgan fingerprint density at radius 2 is 1.90 bits per heavy atom. The fourth-order valence-corrected chi connectivity index (χ4v) is 2.21. The third-order valence-electron chi connectivity index (χ3n) is 3.21. The molecule has 0 unspecified atom stereocenters. The highest BCUT2D eigenvalue weighted by Crippen LogP contribution is 2.28. The smallest absolute Gasteiger partial charge is 0.337 e. The molecule has 0 aliphatic carbocycles. The highest BCUT2D eigenvalue weighted by atomic mass is 16.4. The Balaban J connectivity index is 2.47. The van der Waals surface area contributed by atoms with Crippen LogP contribution >= 0.6 is 0 Å². The molecule has 0 saturated carbocycles. The first-order chi connectivity index (χ1) is 9.52. The van der Waals surface area contributed by atoms with Crippen LogP contribution in [0.15, 0.2) is 42.5 Å². The van der Waals surface area contributed by atoms with Crippen molar-refractivity contribution in [2.45, 2.75) is 13.8 Å². The molecule has 0 heterocycles. The number of carbonyl (C=O) groups is 1. The van der Waals surface area contributed by atoms with Crippen LogP contribution in [0.25, 0.3) is 0 Å². The summed E-state index contributed by atoms with van der Waals surface area (Å²) in [6.45, 7) is 4.80. The van der Waals surface area contributed by atoms with Gasteiger partial charge in [0.25, 0.3) is 0 Å². The van der Waals surface area contributed by atoms with E-state index in [1.807, 2.05) is 38.1 Å². The van der Waals surface area contributed by atoms with Gasteiger partial charge in [0, 0.05) is 23.6 Å². The molecule has 0 aliphatic rings. The third kappa shape index (κ3) is 2.74. The van der Waals surface area contributed by atoms with Gasteiger partial charge in [-0.3, -0.25) is 0 Å². The van der Waals surface area contributed by atoms with Gasteiger partial charge in [0.15, 0.2) is 0 Å². The molecule has 0 atom stereocenters. The van der Waals surface area contributed by atoms with Crippen molar-refractivity contribution in [3.63, 3.8) is 0 Å². The summed E-state index contributed by atoms with van der Waals surface area (Å²) in [5.41, 5.74) is 9.13. The monoisotopic (exact) mass is 270 g/mol.